The number of hydrogen-bond donors (Lipinski definition) is 5. The van der Waals surface area contributed by atoms with Gasteiger partial charge in [0.15, 0.2) is 5.78 Å². The second-order valence-electron chi connectivity index (χ2n) is 18.9. The molecular formula is C45H76O8. The zero-order valence-corrected chi connectivity index (χ0v) is 34.2. The molecule has 5 N–H and O–H groups in total. The number of hydrogen-bond acceptors (Lipinski definition) is 8. The number of ketones is 1. The van der Waals surface area contributed by atoms with Crippen molar-refractivity contribution in [3.8, 4) is 0 Å². The van der Waals surface area contributed by atoms with Crippen LogP contribution in [0.4, 0.5) is 0 Å². The third-order valence-electron chi connectivity index (χ3n) is 14.5. The van der Waals surface area contributed by atoms with Gasteiger partial charge in [-0.2, -0.15) is 0 Å². The molecule has 2 unspecified atom stereocenters. The van der Waals surface area contributed by atoms with Gasteiger partial charge < -0.3 is 30.3 Å². The summed E-state index contributed by atoms with van der Waals surface area (Å²) in [5.41, 5.74) is -2.88. The first-order valence-electron chi connectivity index (χ1n) is 21.6. The van der Waals surface area contributed by atoms with Gasteiger partial charge in [-0.25, -0.2) is 0 Å². The summed E-state index contributed by atoms with van der Waals surface area (Å²) >= 11 is 0. The Kier molecular flexibility index (Phi) is 15.5. The maximum atomic E-state index is 13.6. The van der Waals surface area contributed by atoms with E-state index >= 15 is 0 Å². The fraction of sp³-hybridized carbons (Fsp3) is 0.867. The number of rotatable bonds is 21. The number of unbranched alkanes of at least 4 members (excludes halogenated alkanes) is 11. The summed E-state index contributed by atoms with van der Waals surface area (Å²) in [5, 5.41) is 56.6. The highest BCUT2D eigenvalue weighted by Gasteiger charge is 2.68. The quantitative estimate of drug-likeness (QED) is 0.0340. The van der Waals surface area contributed by atoms with Crippen LogP contribution < -0.4 is 0 Å². The molecule has 0 aliphatic heterocycles. The molecule has 0 amide bonds. The molecule has 0 radical (unpaired) electrons. The molecule has 0 bridgehead atoms. The summed E-state index contributed by atoms with van der Waals surface area (Å²) < 4.78 is 6.01. The van der Waals surface area contributed by atoms with Crippen molar-refractivity contribution < 1.29 is 39.9 Å². The van der Waals surface area contributed by atoms with Crippen molar-refractivity contribution in [2.24, 2.45) is 34.5 Å². The van der Waals surface area contributed by atoms with Crippen molar-refractivity contribution in [2.45, 2.75) is 212 Å². The van der Waals surface area contributed by atoms with Crippen LogP contribution in [0.25, 0.3) is 0 Å². The zero-order valence-electron chi connectivity index (χ0n) is 34.2. The molecule has 3 fully saturated rings. The van der Waals surface area contributed by atoms with Gasteiger partial charge in [0.1, 0.15) is 0 Å². The molecule has 53 heavy (non-hydrogen) atoms. The number of carbonyl (C=O) groups is 2. The van der Waals surface area contributed by atoms with Crippen LogP contribution >= 0.6 is 0 Å². The van der Waals surface area contributed by atoms with Crippen LogP contribution in [0.15, 0.2) is 23.8 Å². The molecule has 10 atom stereocenters. The van der Waals surface area contributed by atoms with Gasteiger partial charge in [0, 0.05) is 30.1 Å². The van der Waals surface area contributed by atoms with Crippen LogP contribution in [0.3, 0.4) is 0 Å². The van der Waals surface area contributed by atoms with Gasteiger partial charge in [-0.05, 0) is 120 Å². The molecule has 3 saturated carbocycles. The summed E-state index contributed by atoms with van der Waals surface area (Å²) in [6.45, 7) is 11.6. The van der Waals surface area contributed by atoms with Gasteiger partial charge in [-0.1, -0.05) is 91.2 Å². The van der Waals surface area contributed by atoms with E-state index in [1.54, 1.807) is 19.9 Å². The lowest BCUT2D eigenvalue weighted by molar-refractivity contribution is -0.252. The molecule has 0 saturated heterocycles. The molecule has 4 aliphatic carbocycles. The van der Waals surface area contributed by atoms with Crippen molar-refractivity contribution in [2.75, 3.05) is 0 Å². The monoisotopic (exact) mass is 745 g/mol. The standard InChI is InChI=1S/C45H76O8/c1-7-8-9-10-11-12-13-14-15-16-17-18-19-20-21-22-40(49)53-45(52,28-27-41(3,4)50)32(2)33-24-26-44(51)35-29-37(46)36-30-38(47)39(48)31-42(36,5)34(35)23-25-43(33,44)6/h14-15,29,32-34,36,38-39,47-48,50-52H,7-13,16-28,30-31H2,1-6H3/b15-14-/t32?,33-,34?,36+,38-,39+,42-,43-,44-,45-/m1/s1. The van der Waals surface area contributed by atoms with E-state index < -0.39 is 57.8 Å². The molecule has 0 aromatic rings. The van der Waals surface area contributed by atoms with E-state index in [0.717, 1.165) is 37.7 Å². The fourth-order valence-electron chi connectivity index (χ4n) is 11.0. The number of aliphatic hydroxyl groups excluding tert-OH is 2. The van der Waals surface area contributed by atoms with Gasteiger partial charge in [0.2, 0.25) is 5.79 Å². The van der Waals surface area contributed by atoms with Crippen LogP contribution in [0.1, 0.15) is 183 Å². The first kappa shape index (κ1) is 44.1. The number of fused-ring (bicyclic) bond motifs is 5. The highest BCUT2D eigenvalue weighted by molar-refractivity contribution is 5.95. The zero-order chi connectivity index (χ0) is 39.1. The van der Waals surface area contributed by atoms with Crippen molar-refractivity contribution in [1.29, 1.82) is 0 Å². The lowest BCUT2D eigenvalue weighted by Gasteiger charge is -2.60. The summed E-state index contributed by atoms with van der Waals surface area (Å²) in [7, 11) is 0. The third kappa shape index (κ3) is 10.2. The Hall–Kier alpha value is -1.58. The second-order valence-corrected chi connectivity index (χ2v) is 18.9. The minimum absolute atomic E-state index is 0.0740. The van der Waals surface area contributed by atoms with E-state index in [4.69, 9.17) is 4.74 Å². The van der Waals surface area contributed by atoms with E-state index in [0.29, 0.717) is 38.5 Å². The van der Waals surface area contributed by atoms with Crippen LogP contribution in [-0.2, 0) is 14.3 Å². The van der Waals surface area contributed by atoms with Gasteiger partial charge in [0.05, 0.1) is 23.4 Å². The molecule has 0 aromatic heterocycles. The Morgan fingerprint density at radius 1 is 0.887 bits per heavy atom. The van der Waals surface area contributed by atoms with Gasteiger partial charge >= 0.3 is 5.97 Å². The molecular weight excluding hydrogens is 668 g/mol. The Labute approximate surface area is 321 Å². The average Bonchev–Trinajstić information content (AvgIpc) is 3.37. The Balaban J connectivity index is 1.33. The smallest absolute Gasteiger partial charge is 0.308 e. The van der Waals surface area contributed by atoms with Crippen LogP contribution in [0.2, 0.25) is 0 Å². The van der Waals surface area contributed by atoms with Crippen LogP contribution in [0, 0.1) is 34.5 Å². The minimum atomic E-state index is -1.83. The summed E-state index contributed by atoms with van der Waals surface area (Å²) in [6.07, 6.45) is 23.0. The predicted octanol–water partition coefficient (Wildman–Crippen LogP) is 8.65. The predicted molar refractivity (Wildman–Crippen MR) is 210 cm³/mol. The van der Waals surface area contributed by atoms with Crippen molar-refractivity contribution in [3.05, 3.63) is 23.8 Å². The van der Waals surface area contributed by atoms with Gasteiger partial charge in [-0.3, -0.25) is 9.59 Å². The first-order chi connectivity index (χ1) is 24.9. The Morgan fingerprint density at radius 3 is 2.11 bits per heavy atom. The maximum Gasteiger partial charge on any atom is 0.308 e. The first-order valence-corrected chi connectivity index (χ1v) is 21.6. The minimum Gasteiger partial charge on any atom is -0.433 e. The SMILES string of the molecule is CCCCCCCC/C=C\CCCCCCCC(=O)O[C@](O)(CCC(C)(C)O)C(C)[C@H]1CC[C@@]2(O)C3=CC(=O)[C@@H]4C[C@@H](O)[C@@H](O)C[C@]4(C)C3CC[C@]12C. The van der Waals surface area contributed by atoms with E-state index in [2.05, 4.69) is 26.0 Å². The van der Waals surface area contributed by atoms with Crippen LogP contribution in [0.5, 0.6) is 0 Å². The van der Waals surface area contributed by atoms with E-state index in [1.165, 1.54) is 44.9 Å². The lowest BCUT2D eigenvalue weighted by Crippen LogP contribution is -2.61. The molecule has 304 valence electrons. The second kappa shape index (κ2) is 18.6. The van der Waals surface area contributed by atoms with Crippen molar-refractivity contribution in [3.63, 3.8) is 0 Å². The number of esters is 1. The van der Waals surface area contributed by atoms with E-state index in [1.807, 2.05) is 13.8 Å². The number of carbonyl (C=O) groups excluding carboxylic acids is 2. The van der Waals surface area contributed by atoms with Crippen LogP contribution in [-0.4, -0.2) is 66.5 Å². The molecule has 8 nitrogen and oxygen atoms in total. The summed E-state index contributed by atoms with van der Waals surface area (Å²) in [6, 6.07) is 0. The lowest BCUT2D eigenvalue weighted by atomic mass is 9.45. The van der Waals surface area contributed by atoms with Crippen molar-refractivity contribution >= 4 is 11.8 Å². The Bertz CT molecular complexity index is 1270. The highest BCUT2D eigenvalue weighted by atomic mass is 16.7. The topological polar surface area (TPSA) is 145 Å². The van der Waals surface area contributed by atoms with Gasteiger partial charge in [-0.15, -0.1) is 0 Å². The number of allylic oxidation sites excluding steroid dienone is 3. The third-order valence-corrected chi connectivity index (χ3v) is 14.5. The van der Waals surface area contributed by atoms with Gasteiger partial charge in [0.25, 0.3) is 0 Å². The fourth-order valence-corrected chi connectivity index (χ4v) is 11.0. The number of ether oxygens (including phenoxy) is 1. The summed E-state index contributed by atoms with van der Waals surface area (Å²) in [5.74, 6) is -3.60. The normalized spacial score (nSPS) is 34.6. The highest BCUT2D eigenvalue weighted by Crippen LogP contribution is 2.68. The maximum absolute atomic E-state index is 13.6. The molecule has 4 aliphatic rings. The molecule has 0 spiro atoms. The van der Waals surface area contributed by atoms with Crippen molar-refractivity contribution in [1.82, 2.24) is 0 Å². The number of aliphatic hydroxyl groups is 5. The molecule has 0 aromatic carbocycles. The van der Waals surface area contributed by atoms with E-state index in [9.17, 15) is 35.1 Å². The molecule has 8 heteroatoms. The average molecular weight is 745 g/mol. The van der Waals surface area contributed by atoms with E-state index in [-0.39, 0.29) is 43.3 Å². The summed E-state index contributed by atoms with van der Waals surface area (Å²) in [4.78, 5) is 26.9. The molecule has 4 rings (SSSR count). The molecule has 0 heterocycles. The Morgan fingerprint density at radius 2 is 1.49 bits per heavy atom. The largest absolute Gasteiger partial charge is 0.433 e.